The molecule has 2 rings (SSSR count). The zero-order chi connectivity index (χ0) is 19.5. The highest BCUT2D eigenvalue weighted by atomic mass is 16.5. The van der Waals surface area contributed by atoms with Crippen LogP contribution >= 0.6 is 0 Å². The molecule has 7 nitrogen and oxygen atoms in total. The third kappa shape index (κ3) is 4.75. The van der Waals surface area contributed by atoms with Gasteiger partial charge in [-0.05, 0) is 24.7 Å². The zero-order valence-corrected chi connectivity index (χ0v) is 16.4. The van der Waals surface area contributed by atoms with Crippen molar-refractivity contribution in [2.24, 2.45) is 11.3 Å². The molecule has 0 unspecified atom stereocenters. The number of ether oxygens (including phenoxy) is 1. The molecule has 0 aromatic carbocycles. The predicted octanol–water partition coefficient (Wildman–Crippen LogP) is 1.19. The Balaban J connectivity index is 2.16. The van der Waals surface area contributed by atoms with Crippen molar-refractivity contribution >= 4 is 17.8 Å². The number of hydrogen-bond donors (Lipinski definition) is 1. The van der Waals surface area contributed by atoms with Gasteiger partial charge in [-0.25, -0.2) is 4.79 Å². The van der Waals surface area contributed by atoms with E-state index >= 15 is 0 Å². The summed E-state index contributed by atoms with van der Waals surface area (Å²) in [4.78, 5) is 41.2. The third-order valence-corrected chi connectivity index (χ3v) is 5.47. The molecule has 0 saturated carbocycles. The lowest BCUT2D eigenvalue weighted by atomic mass is 9.77. The molecule has 0 radical (unpaired) electrons. The highest BCUT2D eigenvalue weighted by Gasteiger charge is 2.45. The summed E-state index contributed by atoms with van der Waals surface area (Å²) in [6.45, 7) is 7.38. The molecule has 26 heavy (non-hydrogen) atoms. The summed E-state index contributed by atoms with van der Waals surface area (Å²) in [6.07, 6.45) is 2.70. The summed E-state index contributed by atoms with van der Waals surface area (Å²) in [5.41, 5.74) is -0.434. The smallest absolute Gasteiger partial charge is 0.328 e. The van der Waals surface area contributed by atoms with Crippen molar-refractivity contribution in [3.8, 4) is 0 Å². The number of esters is 1. The number of aliphatic hydroxyl groups excluding tert-OH is 1. The van der Waals surface area contributed by atoms with Crippen molar-refractivity contribution in [2.75, 3.05) is 26.7 Å². The van der Waals surface area contributed by atoms with E-state index in [0.29, 0.717) is 0 Å². The largest absolute Gasteiger partial charge is 0.467 e. The fourth-order valence-electron chi connectivity index (χ4n) is 3.83. The molecule has 7 heteroatoms. The van der Waals surface area contributed by atoms with E-state index in [1.807, 2.05) is 25.7 Å². The van der Waals surface area contributed by atoms with E-state index in [2.05, 4.69) is 0 Å². The maximum atomic E-state index is 13.2. The van der Waals surface area contributed by atoms with Gasteiger partial charge in [-0.3, -0.25) is 9.59 Å². The molecule has 0 spiro atoms. The first kappa shape index (κ1) is 20.7. The van der Waals surface area contributed by atoms with Crippen molar-refractivity contribution in [3.63, 3.8) is 0 Å². The van der Waals surface area contributed by atoms with Crippen molar-refractivity contribution in [1.82, 2.24) is 9.80 Å². The highest BCUT2D eigenvalue weighted by Crippen LogP contribution is 2.34. The second kappa shape index (κ2) is 8.37. The van der Waals surface area contributed by atoms with Gasteiger partial charge in [0, 0.05) is 32.5 Å². The molecule has 0 aromatic rings. The number of methoxy groups -OCH3 is 1. The SMILES string of the molecule is COC(=O)[C@@H]1C[C@@H](O)CN1C(=O)[C@@H](CC(=O)N1CCCCC1)C(C)(C)C. The molecular formula is C19H32N2O5. The van der Waals surface area contributed by atoms with Crippen LogP contribution in [0.1, 0.15) is 52.9 Å². The standard InChI is InChI=1S/C19H32N2O5/c1-19(2,3)14(11-16(23)20-8-6-5-7-9-20)17(24)21-12-13(22)10-15(21)18(25)26-4/h13-15,22H,5-12H2,1-4H3/t13-,14-,15+/m1/s1. The maximum absolute atomic E-state index is 13.2. The monoisotopic (exact) mass is 368 g/mol. The van der Waals surface area contributed by atoms with E-state index in [0.717, 1.165) is 32.4 Å². The Kier molecular flexibility index (Phi) is 6.66. The molecule has 0 aliphatic carbocycles. The Hall–Kier alpha value is -1.63. The quantitative estimate of drug-likeness (QED) is 0.753. The molecule has 2 fully saturated rings. The van der Waals surface area contributed by atoms with E-state index in [-0.39, 0.29) is 31.2 Å². The van der Waals surface area contributed by atoms with E-state index in [1.165, 1.54) is 12.0 Å². The average Bonchev–Trinajstić information content (AvgIpc) is 2.99. The van der Waals surface area contributed by atoms with Crippen LogP contribution in [-0.2, 0) is 19.1 Å². The van der Waals surface area contributed by atoms with Gasteiger partial charge in [0.15, 0.2) is 0 Å². The Morgan fingerprint density at radius 2 is 1.77 bits per heavy atom. The molecule has 148 valence electrons. The Labute approximate surface area is 155 Å². The number of hydrogen-bond acceptors (Lipinski definition) is 5. The van der Waals surface area contributed by atoms with Crippen LogP contribution in [0.4, 0.5) is 0 Å². The predicted molar refractivity (Wildman–Crippen MR) is 96.1 cm³/mol. The topological polar surface area (TPSA) is 87.1 Å². The van der Waals surface area contributed by atoms with E-state index in [9.17, 15) is 19.5 Å². The first-order chi connectivity index (χ1) is 12.1. The van der Waals surface area contributed by atoms with Crippen molar-refractivity contribution in [2.45, 2.75) is 65.0 Å². The summed E-state index contributed by atoms with van der Waals surface area (Å²) in [5.74, 6) is -1.33. The van der Waals surface area contributed by atoms with Crippen LogP contribution < -0.4 is 0 Å². The van der Waals surface area contributed by atoms with Gasteiger partial charge in [-0.2, -0.15) is 0 Å². The number of rotatable bonds is 4. The molecule has 2 saturated heterocycles. The third-order valence-electron chi connectivity index (χ3n) is 5.47. The molecule has 2 amide bonds. The minimum atomic E-state index is -0.780. The second-order valence-electron chi connectivity index (χ2n) is 8.48. The highest BCUT2D eigenvalue weighted by molar-refractivity contribution is 5.90. The van der Waals surface area contributed by atoms with E-state index in [4.69, 9.17) is 4.74 Å². The summed E-state index contributed by atoms with van der Waals surface area (Å²) >= 11 is 0. The Bertz CT molecular complexity index is 537. The average molecular weight is 368 g/mol. The van der Waals surface area contributed by atoms with Crippen LogP contribution in [0.2, 0.25) is 0 Å². The van der Waals surface area contributed by atoms with Gasteiger partial charge in [0.05, 0.1) is 19.1 Å². The molecule has 2 heterocycles. The van der Waals surface area contributed by atoms with Gasteiger partial charge < -0.3 is 19.6 Å². The van der Waals surface area contributed by atoms with E-state index < -0.39 is 29.4 Å². The first-order valence-electron chi connectivity index (χ1n) is 9.49. The second-order valence-corrected chi connectivity index (χ2v) is 8.48. The van der Waals surface area contributed by atoms with Crippen LogP contribution in [-0.4, -0.2) is 71.6 Å². The Morgan fingerprint density at radius 3 is 2.31 bits per heavy atom. The first-order valence-corrected chi connectivity index (χ1v) is 9.49. The molecule has 0 aromatic heterocycles. The minimum absolute atomic E-state index is 0.00709. The number of carbonyl (C=O) groups excluding carboxylic acids is 3. The maximum Gasteiger partial charge on any atom is 0.328 e. The lowest BCUT2D eigenvalue weighted by Gasteiger charge is -2.36. The molecular weight excluding hydrogens is 336 g/mol. The summed E-state index contributed by atoms with van der Waals surface area (Å²) < 4.78 is 4.79. The van der Waals surface area contributed by atoms with Crippen LogP contribution in [0.25, 0.3) is 0 Å². The van der Waals surface area contributed by atoms with Gasteiger partial charge in [-0.1, -0.05) is 20.8 Å². The van der Waals surface area contributed by atoms with Gasteiger partial charge in [0.2, 0.25) is 11.8 Å². The number of aliphatic hydroxyl groups is 1. The number of amides is 2. The van der Waals surface area contributed by atoms with Crippen molar-refractivity contribution in [1.29, 1.82) is 0 Å². The van der Waals surface area contributed by atoms with Gasteiger partial charge in [0.25, 0.3) is 0 Å². The molecule has 2 aliphatic heterocycles. The zero-order valence-electron chi connectivity index (χ0n) is 16.4. The minimum Gasteiger partial charge on any atom is -0.467 e. The normalized spacial score (nSPS) is 25.1. The number of β-amino-alcohol motifs (C(OH)–C–C–N with tert-alkyl or cyclic N) is 1. The van der Waals surface area contributed by atoms with Gasteiger partial charge in [-0.15, -0.1) is 0 Å². The summed E-state index contributed by atoms with van der Waals surface area (Å²) in [6, 6.07) is -0.780. The lowest BCUT2D eigenvalue weighted by molar-refractivity contribution is -0.155. The van der Waals surface area contributed by atoms with Crippen LogP contribution in [0.15, 0.2) is 0 Å². The Morgan fingerprint density at radius 1 is 1.15 bits per heavy atom. The number of carbonyl (C=O) groups is 3. The van der Waals surface area contributed by atoms with Crippen LogP contribution in [0.5, 0.6) is 0 Å². The van der Waals surface area contributed by atoms with Crippen molar-refractivity contribution in [3.05, 3.63) is 0 Å². The van der Waals surface area contributed by atoms with Crippen LogP contribution in [0, 0.1) is 11.3 Å². The molecule has 2 aliphatic rings. The molecule has 0 bridgehead atoms. The van der Waals surface area contributed by atoms with Crippen LogP contribution in [0.3, 0.4) is 0 Å². The van der Waals surface area contributed by atoms with Gasteiger partial charge in [0.1, 0.15) is 6.04 Å². The molecule has 3 atom stereocenters. The van der Waals surface area contributed by atoms with E-state index in [1.54, 1.807) is 0 Å². The van der Waals surface area contributed by atoms with Crippen molar-refractivity contribution < 1.29 is 24.2 Å². The molecule has 1 N–H and O–H groups in total. The number of likely N-dealkylation sites (tertiary alicyclic amines) is 2. The lowest BCUT2D eigenvalue weighted by Crippen LogP contribution is -2.49. The fraction of sp³-hybridized carbons (Fsp3) is 0.842. The summed E-state index contributed by atoms with van der Waals surface area (Å²) in [5, 5.41) is 9.96. The van der Waals surface area contributed by atoms with Gasteiger partial charge >= 0.3 is 5.97 Å². The number of nitrogens with zero attached hydrogens (tertiary/aromatic N) is 2. The fourth-order valence-corrected chi connectivity index (χ4v) is 3.83. The summed E-state index contributed by atoms with van der Waals surface area (Å²) in [7, 11) is 1.27. The number of piperidine rings is 1.